The third kappa shape index (κ3) is 1.93. The van der Waals surface area contributed by atoms with Gasteiger partial charge in [-0.3, -0.25) is 0 Å². The number of hydrogen-bond donors (Lipinski definition) is 0. The highest BCUT2D eigenvalue weighted by molar-refractivity contribution is 6.30. The summed E-state index contributed by atoms with van der Waals surface area (Å²) in [4.78, 5) is 0. The second kappa shape index (κ2) is 4.35. The normalized spacial score (nSPS) is 10.8. The maximum absolute atomic E-state index is 13.4. The topological polar surface area (TPSA) is 25.8 Å². The van der Waals surface area contributed by atoms with Crippen molar-refractivity contribution in [2.45, 2.75) is 0 Å². The van der Waals surface area contributed by atoms with Gasteiger partial charge in [0.2, 0.25) is 0 Å². The molecule has 0 aliphatic heterocycles. The molecule has 3 rings (SSSR count). The Morgan fingerprint density at radius 2 is 1.89 bits per heavy atom. The number of rotatable bonds is 1. The number of halogens is 2. The fourth-order valence-electron chi connectivity index (χ4n) is 1.93. The third-order valence-corrected chi connectivity index (χ3v) is 2.92. The smallest absolute Gasteiger partial charge is 0.125 e. The quantitative estimate of drug-likeness (QED) is 0.657. The van der Waals surface area contributed by atoms with Crippen LogP contribution in [0.2, 0.25) is 5.02 Å². The second-order valence-corrected chi connectivity index (χ2v) is 4.37. The first-order chi connectivity index (χ1) is 8.74. The van der Waals surface area contributed by atoms with Gasteiger partial charge in [0.1, 0.15) is 11.5 Å². The average molecular weight is 259 g/mol. The van der Waals surface area contributed by atoms with E-state index in [0.29, 0.717) is 16.3 Å². The van der Waals surface area contributed by atoms with Gasteiger partial charge in [-0.25, -0.2) is 4.39 Å². The lowest BCUT2D eigenvalue weighted by molar-refractivity contribution is 0.628. The van der Waals surface area contributed by atoms with Gasteiger partial charge in [-0.05, 0) is 18.2 Å². The molecule has 2 aromatic carbocycles. The first-order valence-electron chi connectivity index (χ1n) is 5.41. The second-order valence-electron chi connectivity index (χ2n) is 3.94. The molecule has 0 saturated carbocycles. The Hall–Kier alpha value is -2.00. The summed E-state index contributed by atoms with van der Waals surface area (Å²) >= 11 is 5.86. The fraction of sp³-hybridized carbons (Fsp3) is 0. The zero-order valence-electron chi connectivity index (χ0n) is 9.27. The van der Waals surface area contributed by atoms with Gasteiger partial charge in [-0.2, -0.15) is 5.10 Å². The van der Waals surface area contributed by atoms with E-state index in [2.05, 4.69) is 10.2 Å². The molecule has 0 aliphatic rings. The number of benzene rings is 2. The van der Waals surface area contributed by atoms with E-state index in [9.17, 15) is 4.39 Å². The maximum Gasteiger partial charge on any atom is 0.125 e. The van der Waals surface area contributed by atoms with Crippen LogP contribution in [0, 0.1) is 5.82 Å². The van der Waals surface area contributed by atoms with Gasteiger partial charge in [-0.1, -0.05) is 35.9 Å². The van der Waals surface area contributed by atoms with Crippen LogP contribution in [0.15, 0.2) is 48.7 Å². The minimum Gasteiger partial charge on any atom is -0.207 e. The van der Waals surface area contributed by atoms with Crippen LogP contribution < -0.4 is 0 Å². The molecule has 1 aromatic heterocycles. The molecule has 0 aliphatic carbocycles. The number of fused-ring (bicyclic) bond motifs is 1. The molecular weight excluding hydrogens is 251 g/mol. The van der Waals surface area contributed by atoms with Crippen LogP contribution in [0.3, 0.4) is 0 Å². The van der Waals surface area contributed by atoms with E-state index in [1.165, 1.54) is 12.1 Å². The van der Waals surface area contributed by atoms with Gasteiger partial charge >= 0.3 is 0 Å². The summed E-state index contributed by atoms with van der Waals surface area (Å²) in [5.74, 6) is -0.382. The maximum atomic E-state index is 13.4. The van der Waals surface area contributed by atoms with Gasteiger partial charge in [0.15, 0.2) is 0 Å². The van der Waals surface area contributed by atoms with E-state index in [4.69, 9.17) is 11.6 Å². The van der Waals surface area contributed by atoms with E-state index in [1.54, 1.807) is 12.3 Å². The minimum atomic E-state index is -0.382. The van der Waals surface area contributed by atoms with Crippen molar-refractivity contribution >= 4 is 22.4 Å². The molecule has 88 valence electrons. The predicted octanol–water partition coefficient (Wildman–Crippen LogP) is 4.09. The lowest BCUT2D eigenvalue weighted by Crippen LogP contribution is -1.90. The molecule has 0 radical (unpaired) electrons. The van der Waals surface area contributed by atoms with Gasteiger partial charge in [0.25, 0.3) is 0 Å². The van der Waals surface area contributed by atoms with Crippen LogP contribution in [0.1, 0.15) is 0 Å². The van der Waals surface area contributed by atoms with E-state index in [0.717, 1.165) is 10.8 Å². The summed E-state index contributed by atoms with van der Waals surface area (Å²) in [5, 5.41) is 10.3. The van der Waals surface area contributed by atoms with Crippen LogP contribution in [0.25, 0.3) is 22.0 Å². The summed E-state index contributed by atoms with van der Waals surface area (Å²) in [6.45, 7) is 0. The first-order valence-corrected chi connectivity index (χ1v) is 5.79. The van der Waals surface area contributed by atoms with Crippen molar-refractivity contribution in [3.8, 4) is 11.3 Å². The van der Waals surface area contributed by atoms with E-state index in [1.807, 2.05) is 24.3 Å². The molecule has 0 unspecified atom stereocenters. The van der Waals surface area contributed by atoms with Crippen molar-refractivity contribution in [2.75, 3.05) is 0 Å². The van der Waals surface area contributed by atoms with Crippen molar-refractivity contribution in [1.82, 2.24) is 10.2 Å². The molecule has 4 heteroatoms. The number of aromatic nitrogens is 2. The molecule has 0 N–H and O–H groups in total. The number of nitrogens with zero attached hydrogens (tertiary/aromatic N) is 2. The molecule has 3 aromatic rings. The molecule has 0 atom stereocenters. The van der Waals surface area contributed by atoms with Crippen LogP contribution in [-0.4, -0.2) is 10.2 Å². The molecule has 2 nitrogen and oxygen atoms in total. The van der Waals surface area contributed by atoms with Crippen molar-refractivity contribution in [3.63, 3.8) is 0 Å². The fourth-order valence-corrected chi connectivity index (χ4v) is 2.15. The van der Waals surface area contributed by atoms with Gasteiger partial charge in [-0.15, -0.1) is 5.10 Å². The SMILES string of the molecule is Fc1cc(Cl)cc(-c2nncc3ccccc23)c1. The zero-order valence-corrected chi connectivity index (χ0v) is 10.0. The largest absolute Gasteiger partial charge is 0.207 e. The molecule has 18 heavy (non-hydrogen) atoms. The Labute approximate surface area is 108 Å². The Morgan fingerprint density at radius 1 is 1.06 bits per heavy atom. The van der Waals surface area contributed by atoms with Crippen LogP contribution in [0.5, 0.6) is 0 Å². The third-order valence-electron chi connectivity index (χ3n) is 2.71. The van der Waals surface area contributed by atoms with Gasteiger partial charge in [0.05, 0.1) is 6.20 Å². The summed E-state index contributed by atoms with van der Waals surface area (Å²) in [7, 11) is 0. The molecule has 0 spiro atoms. The summed E-state index contributed by atoms with van der Waals surface area (Å²) in [6.07, 6.45) is 1.68. The van der Waals surface area contributed by atoms with E-state index >= 15 is 0 Å². The van der Waals surface area contributed by atoms with Crippen molar-refractivity contribution < 1.29 is 4.39 Å². The van der Waals surface area contributed by atoms with Gasteiger partial charge < -0.3 is 0 Å². The van der Waals surface area contributed by atoms with Crippen LogP contribution >= 0.6 is 11.6 Å². The van der Waals surface area contributed by atoms with E-state index < -0.39 is 0 Å². The van der Waals surface area contributed by atoms with Crippen molar-refractivity contribution in [3.05, 3.63) is 59.5 Å². The molecule has 0 fully saturated rings. The Kier molecular flexibility index (Phi) is 2.68. The summed E-state index contributed by atoms with van der Waals surface area (Å²) in [6, 6.07) is 12.1. The lowest BCUT2D eigenvalue weighted by atomic mass is 10.1. The molecule has 0 amide bonds. The summed E-state index contributed by atoms with van der Waals surface area (Å²) < 4.78 is 13.4. The highest BCUT2D eigenvalue weighted by atomic mass is 35.5. The first kappa shape index (κ1) is 11.1. The molecule has 0 bridgehead atoms. The van der Waals surface area contributed by atoms with Gasteiger partial charge in [0, 0.05) is 21.4 Å². The highest BCUT2D eigenvalue weighted by Crippen LogP contribution is 2.28. The van der Waals surface area contributed by atoms with Crippen molar-refractivity contribution in [1.29, 1.82) is 0 Å². The number of hydrogen-bond acceptors (Lipinski definition) is 2. The molecular formula is C14H8ClFN2. The minimum absolute atomic E-state index is 0.347. The van der Waals surface area contributed by atoms with Crippen molar-refractivity contribution in [2.24, 2.45) is 0 Å². The lowest BCUT2D eigenvalue weighted by Gasteiger charge is -2.05. The van der Waals surface area contributed by atoms with Crippen LogP contribution in [0.4, 0.5) is 4.39 Å². The monoisotopic (exact) mass is 258 g/mol. The Balaban J connectivity index is 2.31. The Morgan fingerprint density at radius 3 is 2.72 bits per heavy atom. The average Bonchev–Trinajstić information content (AvgIpc) is 2.37. The Bertz CT molecular complexity index is 702. The summed E-state index contributed by atoms with van der Waals surface area (Å²) in [5.41, 5.74) is 1.26. The highest BCUT2D eigenvalue weighted by Gasteiger charge is 2.08. The zero-order chi connectivity index (χ0) is 12.5. The predicted molar refractivity (Wildman–Crippen MR) is 69.9 cm³/mol. The molecule has 1 heterocycles. The van der Waals surface area contributed by atoms with Crippen LogP contribution in [-0.2, 0) is 0 Å². The standard InChI is InChI=1S/C14H8ClFN2/c15-11-5-10(6-12(16)7-11)14-13-4-2-1-3-9(13)8-17-18-14/h1-8H. The van der Waals surface area contributed by atoms with E-state index in [-0.39, 0.29) is 5.82 Å². The molecule has 0 saturated heterocycles.